The van der Waals surface area contributed by atoms with Crippen molar-refractivity contribution >= 4 is 11.3 Å². The summed E-state index contributed by atoms with van der Waals surface area (Å²) in [5, 5.41) is 2.17. The average Bonchev–Trinajstić information content (AvgIpc) is 3.00. The lowest BCUT2D eigenvalue weighted by Gasteiger charge is -2.09. The molecule has 3 N–H and O–H groups in total. The second-order valence-corrected chi connectivity index (χ2v) is 5.93. The summed E-state index contributed by atoms with van der Waals surface area (Å²) in [4.78, 5) is 9.81. The van der Waals surface area contributed by atoms with Crippen molar-refractivity contribution in [1.29, 1.82) is 0 Å². The molecule has 4 heteroatoms. The van der Waals surface area contributed by atoms with Crippen molar-refractivity contribution in [1.82, 2.24) is 9.97 Å². The number of aromatic amines is 1. The van der Waals surface area contributed by atoms with E-state index < -0.39 is 0 Å². The van der Waals surface area contributed by atoms with E-state index in [0.29, 0.717) is 12.5 Å². The van der Waals surface area contributed by atoms with Crippen molar-refractivity contribution in [2.75, 3.05) is 6.54 Å². The number of fused-ring (bicyclic) bond motifs is 3. The highest BCUT2D eigenvalue weighted by molar-refractivity contribution is 7.10. The molecule has 2 aromatic heterocycles. The molecule has 18 heavy (non-hydrogen) atoms. The van der Waals surface area contributed by atoms with Crippen LogP contribution >= 0.6 is 11.3 Å². The monoisotopic (exact) mass is 261 g/mol. The molecule has 0 spiro atoms. The van der Waals surface area contributed by atoms with Gasteiger partial charge in [0.15, 0.2) is 0 Å². The van der Waals surface area contributed by atoms with E-state index in [-0.39, 0.29) is 0 Å². The standard InChI is InChI=1S/C14H19N3S/c1-2-3-9(8-15)14-16-11-4-5-12-10(6-7-18-12)13(11)17-14/h6-7,9H,2-5,8,15H2,1H3,(H,16,17). The molecular weight excluding hydrogens is 242 g/mol. The van der Waals surface area contributed by atoms with Gasteiger partial charge in [0.05, 0.1) is 5.69 Å². The number of nitrogens with zero attached hydrogens (tertiary/aromatic N) is 1. The van der Waals surface area contributed by atoms with Gasteiger partial charge in [0.1, 0.15) is 5.82 Å². The molecule has 3 nitrogen and oxygen atoms in total. The maximum atomic E-state index is 5.87. The Balaban J connectivity index is 1.98. The molecule has 2 aromatic rings. The molecule has 0 bridgehead atoms. The van der Waals surface area contributed by atoms with Crippen molar-refractivity contribution in [3.63, 3.8) is 0 Å². The van der Waals surface area contributed by atoms with Crippen LogP contribution in [0.2, 0.25) is 0 Å². The van der Waals surface area contributed by atoms with Gasteiger partial charge < -0.3 is 10.7 Å². The van der Waals surface area contributed by atoms with Crippen molar-refractivity contribution in [3.05, 3.63) is 27.8 Å². The number of hydrogen-bond donors (Lipinski definition) is 2. The van der Waals surface area contributed by atoms with Crippen LogP contribution in [0, 0.1) is 0 Å². The lowest BCUT2D eigenvalue weighted by Crippen LogP contribution is -2.13. The van der Waals surface area contributed by atoms with E-state index in [1.165, 1.54) is 21.8 Å². The van der Waals surface area contributed by atoms with Crippen LogP contribution in [0.15, 0.2) is 11.4 Å². The van der Waals surface area contributed by atoms with Crippen LogP contribution in [-0.2, 0) is 12.8 Å². The largest absolute Gasteiger partial charge is 0.345 e. The number of aromatic nitrogens is 2. The number of H-pyrrole nitrogens is 1. The van der Waals surface area contributed by atoms with Crippen molar-refractivity contribution in [3.8, 4) is 11.3 Å². The SMILES string of the molecule is CCCC(CN)c1nc2c([nH]1)CCc1sccc1-2. The number of rotatable bonds is 4. The lowest BCUT2D eigenvalue weighted by atomic mass is 10.0. The molecule has 1 aliphatic carbocycles. The number of imidazole rings is 1. The summed E-state index contributed by atoms with van der Waals surface area (Å²) < 4.78 is 0. The Morgan fingerprint density at radius 1 is 1.50 bits per heavy atom. The van der Waals surface area contributed by atoms with Crippen molar-refractivity contribution < 1.29 is 0 Å². The Morgan fingerprint density at radius 2 is 2.39 bits per heavy atom. The molecule has 1 aliphatic rings. The summed E-state index contributed by atoms with van der Waals surface area (Å²) in [7, 11) is 0. The van der Waals surface area contributed by atoms with Crippen LogP contribution in [0.3, 0.4) is 0 Å². The molecule has 0 saturated carbocycles. The number of nitrogens with two attached hydrogens (primary N) is 1. The fraction of sp³-hybridized carbons (Fsp3) is 0.500. The first-order valence-electron chi connectivity index (χ1n) is 6.69. The fourth-order valence-corrected chi connectivity index (χ4v) is 3.61. The summed E-state index contributed by atoms with van der Waals surface area (Å²) in [6, 6.07) is 2.19. The first kappa shape index (κ1) is 11.9. The zero-order valence-electron chi connectivity index (χ0n) is 10.7. The van der Waals surface area contributed by atoms with E-state index in [4.69, 9.17) is 10.7 Å². The van der Waals surface area contributed by atoms with E-state index in [1.807, 2.05) is 11.3 Å². The zero-order chi connectivity index (χ0) is 12.5. The second-order valence-electron chi connectivity index (χ2n) is 4.93. The first-order valence-corrected chi connectivity index (χ1v) is 7.57. The summed E-state index contributed by atoms with van der Waals surface area (Å²) in [6.07, 6.45) is 4.48. The molecule has 0 aliphatic heterocycles. The Morgan fingerprint density at radius 3 is 3.17 bits per heavy atom. The molecule has 0 amide bonds. The lowest BCUT2D eigenvalue weighted by molar-refractivity contribution is 0.594. The molecule has 96 valence electrons. The summed E-state index contributed by atoms with van der Waals surface area (Å²) in [6.45, 7) is 2.87. The Bertz CT molecular complexity index is 541. The van der Waals surface area contributed by atoms with E-state index in [2.05, 4.69) is 23.4 Å². The third kappa shape index (κ3) is 1.89. The predicted octanol–water partition coefficient (Wildman–Crippen LogP) is 3.08. The van der Waals surface area contributed by atoms with E-state index >= 15 is 0 Å². The molecule has 0 aromatic carbocycles. The number of aryl methyl sites for hydroxylation is 2. The highest BCUT2D eigenvalue weighted by Crippen LogP contribution is 2.36. The number of thiophene rings is 1. The van der Waals surface area contributed by atoms with Gasteiger partial charge in [-0.2, -0.15) is 0 Å². The van der Waals surface area contributed by atoms with Crippen LogP contribution in [0.25, 0.3) is 11.3 Å². The molecule has 1 atom stereocenters. The van der Waals surface area contributed by atoms with Gasteiger partial charge in [-0.05, 0) is 30.7 Å². The maximum Gasteiger partial charge on any atom is 0.111 e. The van der Waals surface area contributed by atoms with Gasteiger partial charge in [-0.1, -0.05) is 13.3 Å². The maximum absolute atomic E-state index is 5.87. The third-order valence-electron chi connectivity index (χ3n) is 3.71. The van der Waals surface area contributed by atoms with Gasteiger partial charge in [-0.25, -0.2) is 4.98 Å². The summed E-state index contributed by atoms with van der Waals surface area (Å²) in [5.74, 6) is 1.46. The number of hydrogen-bond acceptors (Lipinski definition) is 3. The van der Waals surface area contributed by atoms with Crippen LogP contribution in [0.5, 0.6) is 0 Å². The van der Waals surface area contributed by atoms with Gasteiger partial charge in [0.25, 0.3) is 0 Å². The third-order valence-corrected chi connectivity index (χ3v) is 4.69. The normalized spacial score (nSPS) is 15.2. The fourth-order valence-electron chi connectivity index (χ4n) is 2.73. The smallest absolute Gasteiger partial charge is 0.111 e. The predicted molar refractivity (Wildman–Crippen MR) is 76.0 cm³/mol. The van der Waals surface area contributed by atoms with E-state index in [1.54, 1.807) is 0 Å². The van der Waals surface area contributed by atoms with Gasteiger partial charge in [-0.15, -0.1) is 11.3 Å². The number of nitrogens with one attached hydrogen (secondary N) is 1. The van der Waals surface area contributed by atoms with E-state index in [0.717, 1.165) is 31.5 Å². The Hall–Kier alpha value is -1.13. The van der Waals surface area contributed by atoms with Crippen LogP contribution in [0.1, 0.15) is 42.1 Å². The minimum Gasteiger partial charge on any atom is -0.345 e. The molecular formula is C14H19N3S. The average molecular weight is 261 g/mol. The first-order chi connectivity index (χ1) is 8.83. The minimum atomic E-state index is 0.377. The molecule has 3 rings (SSSR count). The van der Waals surface area contributed by atoms with Crippen molar-refractivity contribution in [2.45, 2.75) is 38.5 Å². The molecule has 0 saturated heterocycles. The minimum absolute atomic E-state index is 0.377. The van der Waals surface area contributed by atoms with Crippen LogP contribution < -0.4 is 5.73 Å². The molecule has 2 heterocycles. The highest BCUT2D eigenvalue weighted by Gasteiger charge is 2.23. The molecule has 1 unspecified atom stereocenters. The molecule has 0 fully saturated rings. The van der Waals surface area contributed by atoms with Gasteiger partial charge in [-0.3, -0.25) is 0 Å². The van der Waals surface area contributed by atoms with Gasteiger partial charge in [0, 0.05) is 28.6 Å². The highest BCUT2D eigenvalue weighted by atomic mass is 32.1. The molecule has 0 radical (unpaired) electrons. The Kier molecular flexibility index (Phi) is 3.22. The van der Waals surface area contributed by atoms with Crippen LogP contribution in [0.4, 0.5) is 0 Å². The summed E-state index contributed by atoms with van der Waals surface area (Å²) in [5.41, 5.74) is 9.66. The summed E-state index contributed by atoms with van der Waals surface area (Å²) >= 11 is 1.84. The second kappa shape index (κ2) is 4.86. The zero-order valence-corrected chi connectivity index (χ0v) is 11.5. The van der Waals surface area contributed by atoms with E-state index in [9.17, 15) is 0 Å². The van der Waals surface area contributed by atoms with Gasteiger partial charge >= 0.3 is 0 Å². The quantitative estimate of drug-likeness (QED) is 0.888. The van der Waals surface area contributed by atoms with Crippen molar-refractivity contribution in [2.24, 2.45) is 5.73 Å². The van der Waals surface area contributed by atoms with Crippen LogP contribution in [-0.4, -0.2) is 16.5 Å². The van der Waals surface area contributed by atoms with Gasteiger partial charge in [0.2, 0.25) is 0 Å². The Labute approximate surface area is 111 Å². The topological polar surface area (TPSA) is 54.7 Å².